The quantitative estimate of drug-likeness (QED) is 0.807. The highest BCUT2D eigenvalue weighted by Gasteiger charge is 2.34. The van der Waals surface area contributed by atoms with Crippen molar-refractivity contribution in [3.05, 3.63) is 29.3 Å². The highest BCUT2D eigenvalue weighted by Crippen LogP contribution is 2.32. The van der Waals surface area contributed by atoms with Crippen molar-refractivity contribution in [1.29, 1.82) is 0 Å². The summed E-state index contributed by atoms with van der Waals surface area (Å²) in [5.74, 6) is 0. The van der Waals surface area contributed by atoms with Gasteiger partial charge in [-0.1, -0.05) is 25.0 Å². The molecule has 21 heavy (non-hydrogen) atoms. The largest absolute Gasteiger partial charge is 0.385 e. The number of aryl methyl sites for hydroxylation is 2. The van der Waals surface area contributed by atoms with Gasteiger partial charge in [-0.25, -0.2) is 0 Å². The van der Waals surface area contributed by atoms with E-state index >= 15 is 0 Å². The number of anilines is 1. The summed E-state index contributed by atoms with van der Waals surface area (Å²) in [6.07, 6.45) is 5.89. The number of nitrogens with one attached hydrogen (secondary N) is 2. The van der Waals surface area contributed by atoms with E-state index in [0.29, 0.717) is 0 Å². The van der Waals surface area contributed by atoms with E-state index in [4.69, 9.17) is 17.0 Å². The maximum Gasteiger partial charge on any atom is 0.171 e. The first-order valence-electron chi connectivity index (χ1n) is 7.70. The molecule has 1 fully saturated rings. The molecule has 116 valence electrons. The standard InChI is InChI=1S/C17H26N2OS/c1-13-6-7-14(2)15(12-13)18-16(21)19-17(10-11-20-3)8-4-5-9-17/h6-7,12H,4-5,8-11H2,1-3H3,(H2,18,19,21). The lowest BCUT2D eigenvalue weighted by Crippen LogP contribution is -2.48. The molecule has 2 rings (SSSR count). The number of thiocarbonyl (C=S) groups is 1. The SMILES string of the molecule is COCCC1(NC(=S)Nc2cc(C)ccc2C)CCCC1. The fourth-order valence-corrected chi connectivity index (χ4v) is 3.38. The Morgan fingerprint density at radius 2 is 2.00 bits per heavy atom. The summed E-state index contributed by atoms with van der Waals surface area (Å²) < 4.78 is 5.26. The van der Waals surface area contributed by atoms with Crippen LogP contribution in [0.5, 0.6) is 0 Å². The fourth-order valence-electron chi connectivity index (χ4n) is 3.05. The summed E-state index contributed by atoms with van der Waals surface area (Å²) in [7, 11) is 1.76. The van der Waals surface area contributed by atoms with Crippen molar-refractivity contribution in [2.45, 2.75) is 51.5 Å². The van der Waals surface area contributed by atoms with Gasteiger partial charge in [-0.05, 0) is 62.5 Å². The van der Waals surface area contributed by atoms with Crippen molar-refractivity contribution in [3.8, 4) is 0 Å². The van der Waals surface area contributed by atoms with E-state index in [-0.39, 0.29) is 5.54 Å². The molecule has 0 aromatic heterocycles. The molecule has 0 amide bonds. The van der Waals surface area contributed by atoms with E-state index in [1.54, 1.807) is 7.11 Å². The van der Waals surface area contributed by atoms with Gasteiger partial charge >= 0.3 is 0 Å². The molecule has 0 atom stereocenters. The predicted molar refractivity (Wildman–Crippen MR) is 93.0 cm³/mol. The highest BCUT2D eigenvalue weighted by molar-refractivity contribution is 7.80. The second kappa shape index (κ2) is 7.23. The zero-order valence-electron chi connectivity index (χ0n) is 13.3. The number of methoxy groups -OCH3 is 1. The smallest absolute Gasteiger partial charge is 0.171 e. The molecule has 0 aliphatic heterocycles. The minimum atomic E-state index is 0.109. The molecular weight excluding hydrogens is 280 g/mol. The third-order valence-electron chi connectivity index (χ3n) is 4.37. The Kier molecular flexibility index (Phi) is 5.59. The second-order valence-corrected chi connectivity index (χ2v) is 6.54. The normalized spacial score (nSPS) is 16.7. The number of ether oxygens (including phenoxy) is 1. The lowest BCUT2D eigenvalue weighted by Gasteiger charge is -2.32. The summed E-state index contributed by atoms with van der Waals surface area (Å²) in [5, 5.41) is 7.65. The van der Waals surface area contributed by atoms with E-state index in [2.05, 4.69) is 42.7 Å². The zero-order valence-corrected chi connectivity index (χ0v) is 14.1. The van der Waals surface area contributed by atoms with Crippen molar-refractivity contribution in [2.24, 2.45) is 0 Å². The molecule has 1 aliphatic carbocycles. The Labute approximate surface area is 133 Å². The first-order valence-corrected chi connectivity index (χ1v) is 8.11. The molecular formula is C17H26N2OS. The Bertz CT molecular complexity index is 496. The molecule has 1 saturated carbocycles. The predicted octanol–water partition coefficient (Wildman–Crippen LogP) is 3.94. The number of hydrogen-bond acceptors (Lipinski definition) is 2. The summed E-state index contributed by atoms with van der Waals surface area (Å²) in [4.78, 5) is 0. The summed E-state index contributed by atoms with van der Waals surface area (Å²) in [6.45, 7) is 4.97. The van der Waals surface area contributed by atoms with Gasteiger partial charge in [0.15, 0.2) is 5.11 Å². The van der Waals surface area contributed by atoms with Crippen LogP contribution in [0.2, 0.25) is 0 Å². The first kappa shape index (κ1) is 16.2. The maximum atomic E-state index is 5.53. The van der Waals surface area contributed by atoms with Gasteiger partial charge in [0, 0.05) is 24.9 Å². The van der Waals surface area contributed by atoms with E-state index in [1.165, 1.54) is 36.8 Å². The molecule has 2 N–H and O–H groups in total. The minimum absolute atomic E-state index is 0.109. The third-order valence-corrected chi connectivity index (χ3v) is 4.57. The fraction of sp³-hybridized carbons (Fsp3) is 0.588. The van der Waals surface area contributed by atoms with E-state index in [0.717, 1.165) is 23.8 Å². The summed E-state index contributed by atoms with van der Waals surface area (Å²) >= 11 is 5.53. The van der Waals surface area contributed by atoms with Gasteiger partial charge in [0.2, 0.25) is 0 Å². The summed E-state index contributed by atoms with van der Waals surface area (Å²) in [5.41, 5.74) is 3.65. The van der Waals surface area contributed by atoms with Gasteiger partial charge in [-0.2, -0.15) is 0 Å². The minimum Gasteiger partial charge on any atom is -0.385 e. The molecule has 0 heterocycles. The number of rotatable bonds is 5. The molecule has 1 aliphatic rings. The Morgan fingerprint density at radius 3 is 2.67 bits per heavy atom. The highest BCUT2D eigenvalue weighted by atomic mass is 32.1. The van der Waals surface area contributed by atoms with Crippen LogP contribution in [0.25, 0.3) is 0 Å². The van der Waals surface area contributed by atoms with Crippen molar-refractivity contribution in [1.82, 2.24) is 5.32 Å². The second-order valence-electron chi connectivity index (χ2n) is 6.13. The molecule has 4 heteroatoms. The van der Waals surface area contributed by atoms with Crippen LogP contribution in [-0.2, 0) is 4.74 Å². The van der Waals surface area contributed by atoms with Crippen LogP contribution in [0.4, 0.5) is 5.69 Å². The lowest BCUT2D eigenvalue weighted by atomic mass is 9.94. The van der Waals surface area contributed by atoms with Crippen LogP contribution in [-0.4, -0.2) is 24.4 Å². The van der Waals surface area contributed by atoms with Crippen molar-refractivity contribution in [2.75, 3.05) is 19.0 Å². The Morgan fingerprint density at radius 1 is 1.29 bits per heavy atom. The third kappa shape index (κ3) is 4.42. The van der Waals surface area contributed by atoms with Gasteiger partial charge in [-0.3, -0.25) is 0 Å². The molecule has 0 radical (unpaired) electrons. The molecule has 1 aromatic rings. The van der Waals surface area contributed by atoms with Gasteiger partial charge in [-0.15, -0.1) is 0 Å². The number of benzene rings is 1. The molecule has 0 spiro atoms. The number of hydrogen-bond donors (Lipinski definition) is 2. The van der Waals surface area contributed by atoms with Crippen molar-refractivity contribution < 1.29 is 4.74 Å². The topological polar surface area (TPSA) is 33.3 Å². The molecule has 0 saturated heterocycles. The average Bonchev–Trinajstić information content (AvgIpc) is 2.89. The van der Waals surface area contributed by atoms with Crippen LogP contribution in [0.1, 0.15) is 43.2 Å². The van der Waals surface area contributed by atoms with E-state index in [9.17, 15) is 0 Å². The van der Waals surface area contributed by atoms with E-state index < -0.39 is 0 Å². The van der Waals surface area contributed by atoms with Crippen LogP contribution in [0, 0.1) is 13.8 Å². The van der Waals surface area contributed by atoms with Crippen LogP contribution in [0.3, 0.4) is 0 Å². The van der Waals surface area contributed by atoms with Crippen molar-refractivity contribution in [3.63, 3.8) is 0 Å². The first-order chi connectivity index (χ1) is 10.0. The van der Waals surface area contributed by atoms with Gasteiger partial charge in [0.25, 0.3) is 0 Å². The monoisotopic (exact) mass is 306 g/mol. The van der Waals surface area contributed by atoms with Gasteiger partial charge in [0.1, 0.15) is 0 Å². The van der Waals surface area contributed by atoms with Gasteiger partial charge in [0.05, 0.1) is 0 Å². The van der Waals surface area contributed by atoms with Crippen molar-refractivity contribution >= 4 is 23.0 Å². The molecule has 0 bridgehead atoms. The zero-order chi connectivity index (χ0) is 15.3. The molecule has 3 nitrogen and oxygen atoms in total. The van der Waals surface area contributed by atoms with Crippen LogP contribution in [0.15, 0.2) is 18.2 Å². The molecule has 1 aromatic carbocycles. The average molecular weight is 306 g/mol. The maximum absolute atomic E-state index is 5.53. The Hall–Kier alpha value is -1.13. The van der Waals surface area contributed by atoms with Crippen LogP contribution >= 0.6 is 12.2 Å². The van der Waals surface area contributed by atoms with E-state index in [1.807, 2.05) is 0 Å². The van der Waals surface area contributed by atoms with Crippen LogP contribution < -0.4 is 10.6 Å². The van der Waals surface area contributed by atoms with Gasteiger partial charge < -0.3 is 15.4 Å². The Balaban J connectivity index is 2.00. The summed E-state index contributed by atoms with van der Waals surface area (Å²) in [6, 6.07) is 6.38. The lowest BCUT2D eigenvalue weighted by molar-refractivity contribution is 0.163. The molecule has 0 unspecified atom stereocenters.